The van der Waals surface area contributed by atoms with E-state index in [0.717, 1.165) is 17.9 Å². The van der Waals surface area contributed by atoms with Gasteiger partial charge in [0.05, 0.1) is 22.9 Å². The molecule has 0 bridgehead atoms. The molecule has 0 radical (unpaired) electrons. The van der Waals surface area contributed by atoms with Gasteiger partial charge < -0.3 is 14.5 Å². The fourth-order valence-electron chi connectivity index (χ4n) is 2.60. The van der Waals surface area contributed by atoms with Crippen molar-refractivity contribution in [3.63, 3.8) is 0 Å². The minimum Gasteiger partial charge on any atom is -0.485 e. The molecule has 2 aromatic carbocycles. The molecule has 3 aromatic rings. The number of imidazole rings is 1. The summed E-state index contributed by atoms with van der Waals surface area (Å²) in [6.07, 6.45) is 6.84. The zero-order chi connectivity index (χ0) is 22.1. The Hall–Kier alpha value is -2.19. The maximum absolute atomic E-state index is 8.36. The molecule has 0 aliphatic rings. The summed E-state index contributed by atoms with van der Waals surface area (Å²) in [4.78, 5) is 12.4. The Balaban J connectivity index is 0.000000735. The van der Waals surface area contributed by atoms with E-state index >= 15 is 0 Å². The maximum atomic E-state index is 8.36. The van der Waals surface area contributed by atoms with Crippen molar-refractivity contribution in [1.82, 2.24) is 9.55 Å². The van der Waals surface area contributed by atoms with Gasteiger partial charge in [-0.25, -0.2) is 4.98 Å². The predicted octanol–water partition coefficient (Wildman–Crippen LogP) is 6.23. The number of halogens is 4. The van der Waals surface area contributed by atoms with E-state index in [1.165, 1.54) is 5.56 Å². The molecule has 3 rings (SSSR count). The van der Waals surface area contributed by atoms with E-state index in [9.17, 15) is 0 Å². The molecule has 0 aliphatic carbocycles. The van der Waals surface area contributed by atoms with E-state index in [0.29, 0.717) is 27.4 Å². The van der Waals surface area contributed by atoms with Gasteiger partial charge >= 0.3 is 0 Å². The maximum Gasteiger partial charge on any atom is 0.291 e. The van der Waals surface area contributed by atoms with Crippen molar-refractivity contribution < 1.29 is 15.0 Å². The molecule has 160 valence electrons. The number of hydrogen-bond donors (Lipinski definition) is 1. The lowest BCUT2D eigenvalue weighted by atomic mass is 10.1. The molecule has 0 saturated heterocycles. The topological polar surface area (TPSA) is 90.4 Å². The second kappa shape index (κ2) is 11.9. The van der Waals surface area contributed by atoms with Crippen LogP contribution in [0.15, 0.2) is 55.1 Å². The van der Waals surface area contributed by atoms with E-state index in [-0.39, 0.29) is 6.10 Å². The molecule has 1 unspecified atom stereocenters. The lowest BCUT2D eigenvalue weighted by Crippen LogP contribution is -2.24. The number of ether oxygens (including phenoxy) is 1. The van der Waals surface area contributed by atoms with Crippen LogP contribution in [0, 0.1) is 10.1 Å². The summed E-state index contributed by atoms with van der Waals surface area (Å²) in [6.45, 7) is 0.628. The summed E-state index contributed by atoms with van der Waals surface area (Å²) in [5.41, 5.74) is 1.18. The summed E-state index contributed by atoms with van der Waals surface area (Å²) >= 11 is 24.5. The molecule has 0 amide bonds. The summed E-state index contributed by atoms with van der Waals surface area (Å²) in [6, 6.07) is 11.0. The second-order valence-corrected chi connectivity index (χ2v) is 7.79. The van der Waals surface area contributed by atoms with Gasteiger partial charge in [0, 0.05) is 22.4 Å². The van der Waals surface area contributed by atoms with Crippen LogP contribution in [0.2, 0.25) is 20.1 Å². The van der Waals surface area contributed by atoms with Crippen molar-refractivity contribution in [3.8, 4) is 5.75 Å². The summed E-state index contributed by atoms with van der Waals surface area (Å²) in [5, 5.41) is 15.6. The molecule has 1 atom stereocenters. The molecule has 1 N–H and O–H groups in total. The third-order valence-corrected chi connectivity index (χ3v) is 4.92. The summed E-state index contributed by atoms with van der Waals surface area (Å²) < 4.78 is 8.12. The fourth-order valence-corrected chi connectivity index (χ4v) is 3.64. The molecule has 30 heavy (non-hydrogen) atoms. The normalized spacial score (nSPS) is 11.3. The van der Waals surface area contributed by atoms with Gasteiger partial charge in [0.25, 0.3) is 5.09 Å². The molecular formula is C19H17Cl4N3O4. The van der Waals surface area contributed by atoms with Crippen LogP contribution in [0.3, 0.4) is 0 Å². The third kappa shape index (κ3) is 8.28. The summed E-state index contributed by atoms with van der Waals surface area (Å²) in [5.74, 6) is 0.443. The van der Waals surface area contributed by atoms with Crippen LogP contribution in [0.25, 0.3) is 0 Å². The van der Waals surface area contributed by atoms with E-state index in [1.807, 2.05) is 35.0 Å². The smallest absolute Gasteiger partial charge is 0.291 e. The number of aryl methyl sites for hydroxylation is 1. The van der Waals surface area contributed by atoms with Crippen LogP contribution in [0.5, 0.6) is 5.75 Å². The van der Waals surface area contributed by atoms with E-state index in [4.69, 9.17) is 66.5 Å². The van der Waals surface area contributed by atoms with Crippen LogP contribution >= 0.6 is 46.4 Å². The Morgan fingerprint density at radius 3 is 2.23 bits per heavy atom. The molecule has 1 heterocycles. The van der Waals surface area contributed by atoms with Gasteiger partial charge in [-0.05, 0) is 42.7 Å². The van der Waals surface area contributed by atoms with Crippen molar-refractivity contribution in [2.45, 2.75) is 25.5 Å². The van der Waals surface area contributed by atoms with Gasteiger partial charge in [-0.2, -0.15) is 0 Å². The Morgan fingerprint density at radius 2 is 1.70 bits per heavy atom. The number of hydrogen-bond acceptors (Lipinski definition) is 4. The predicted molar refractivity (Wildman–Crippen MR) is 117 cm³/mol. The van der Waals surface area contributed by atoms with Crippen LogP contribution < -0.4 is 4.74 Å². The first-order valence-corrected chi connectivity index (χ1v) is 10.1. The minimum absolute atomic E-state index is 0.143. The van der Waals surface area contributed by atoms with Crippen LogP contribution in [0.4, 0.5) is 0 Å². The van der Waals surface area contributed by atoms with Crippen molar-refractivity contribution >= 4 is 46.4 Å². The standard InChI is InChI=1S/C19H16Cl4N2O.HNO3/c20-14-4-1-13(2-5-14)3-6-16(11-25-8-7-24-12-25)26-19-17(22)9-15(21)10-18(19)23;2-1(3)4/h1-2,4-5,7-10,12,16H,3,6,11H2;(H,2,3,4). The quantitative estimate of drug-likeness (QED) is 0.312. The highest BCUT2D eigenvalue weighted by Crippen LogP contribution is 2.37. The zero-order valence-corrected chi connectivity index (χ0v) is 18.4. The van der Waals surface area contributed by atoms with E-state index in [1.54, 1.807) is 24.7 Å². The lowest BCUT2D eigenvalue weighted by Gasteiger charge is -2.21. The molecule has 1 aromatic heterocycles. The number of rotatable bonds is 7. The minimum atomic E-state index is -1.50. The van der Waals surface area contributed by atoms with Gasteiger partial charge in [-0.3, -0.25) is 0 Å². The zero-order valence-electron chi connectivity index (χ0n) is 15.4. The first-order valence-electron chi connectivity index (χ1n) is 8.59. The molecule has 11 heteroatoms. The Morgan fingerprint density at radius 1 is 1.10 bits per heavy atom. The number of aromatic nitrogens is 2. The van der Waals surface area contributed by atoms with E-state index < -0.39 is 5.09 Å². The highest BCUT2D eigenvalue weighted by molar-refractivity contribution is 6.40. The Kier molecular flexibility index (Phi) is 9.52. The number of nitrogens with zero attached hydrogens (tertiary/aromatic N) is 3. The molecule has 0 aliphatic heterocycles. The van der Waals surface area contributed by atoms with Crippen molar-refractivity contribution in [1.29, 1.82) is 0 Å². The Bertz CT molecular complexity index is 926. The first-order chi connectivity index (χ1) is 14.2. The van der Waals surface area contributed by atoms with Gasteiger partial charge in [-0.15, -0.1) is 10.1 Å². The average molecular weight is 493 g/mol. The van der Waals surface area contributed by atoms with Crippen LogP contribution in [0.1, 0.15) is 12.0 Å². The van der Waals surface area contributed by atoms with Gasteiger partial charge in [-0.1, -0.05) is 58.5 Å². The van der Waals surface area contributed by atoms with Gasteiger partial charge in [0.15, 0.2) is 5.75 Å². The van der Waals surface area contributed by atoms with Crippen molar-refractivity contribution in [3.05, 3.63) is 90.9 Å². The molecule has 7 nitrogen and oxygen atoms in total. The highest BCUT2D eigenvalue weighted by Gasteiger charge is 2.17. The number of benzene rings is 2. The summed E-state index contributed by atoms with van der Waals surface area (Å²) in [7, 11) is 0. The largest absolute Gasteiger partial charge is 0.485 e. The van der Waals surface area contributed by atoms with Gasteiger partial charge in [0.1, 0.15) is 6.10 Å². The molecular weight excluding hydrogens is 476 g/mol. The molecule has 0 fully saturated rings. The second-order valence-electron chi connectivity index (χ2n) is 6.10. The van der Waals surface area contributed by atoms with E-state index in [2.05, 4.69) is 4.98 Å². The van der Waals surface area contributed by atoms with Crippen LogP contribution in [-0.4, -0.2) is 25.9 Å². The molecule has 0 saturated carbocycles. The van der Waals surface area contributed by atoms with Crippen molar-refractivity contribution in [2.75, 3.05) is 0 Å². The highest BCUT2D eigenvalue weighted by atomic mass is 35.5. The SMILES string of the molecule is Clc1ccc(CCC(Cn2ccnc2)Oc2c(Cl)cc(Cl)cc2Cl)cc1.O=[N+]([O-])O. The average Bonchev–Trinajstić information content (AvgIpc) is 3.16. The third-order valence-electron chi connectivity index (χ3n) is 3.89. The van der Waals surface area contributed by atoms with Gasteiger partial charge in [0.2, 0.25) is 0 Å². The van der Waals surface area contributed by atoms with Crippen molar-refractivity contribution in [2.24, 2.45) is 0 Å². The fraction of sp³-hybridized carbons (Fsp3) is 0.211. The monoisotopic (exact) mass is 491 g/mol. The van der Waals surface area contributed by atoms with Crippen LogP contribution in [-0.2, 0) is 13.0 Å². The first kappa shape index (κ1) is 24.1. The Labute approximate surface area is 192 Å². The lowest BCUT2D eigenvalue weighted by molar-refractivity contribution is -0.742. The molecule has 0 spiro atoms.